The van der Waals surface area contributed by atoms with Gasteiger partial charge in [-0.05, 0) is 17.5 Å². The van der Waals surface area contributed by atoms with E-state index in [-0.39, 0.29) is 18.8 Å². The Morgan fingerprint density at radius 2 is 2.14 bits per heavy atom. The third kappa shape index (κ3) is 1.64. The van der Waals surface area contributed by atoms with E-state index in [9.17, 15) is 15.0 Å². The van der Waals surface area contributed by atoms with Crippen molar-refractivity contribution < 1.29 is 19.7 Å². The summed E-state index contributed by atoms with van der Waals surface area (Å²) in [5, 5.41) is 21.1. The van der Waals surface area contributed by atoms with Gasteiger partial charge in [0.05, 0.1) is 13.2 Å². The average molecular weight is 289 g/mol. The molecule has 4 atom stereocenters. The summed E-state index contributed by atoms with van der Waals surface area (Å²) >= 11 is 0. The smallest absolute Gasteiger partial charge is 0.260 e. The van der Waals surface area contributed by atoms with Gasteiger partial charge in [-0.25, -0.2) is 0 Å². The van der Waals surface area contributed by atoms with Crippen molar-refractivity contribution in [3.05, 3.63) is 46.9 Å². The Balaban J connectivity index is 1.82. The molecule has 0 amide bonds. The Morgan fingerprint density at radius 1 is 1.33 bits per heavy atom. The van der Waals surface area contributed by atoms with Gasteiger partial charge in [0.25, 0.3) is 5.56 Å². The molecule has 6 nitrogen and oxygen atoms in total. The highest BCUT2D eigenvalue weighted by Crippen LogP contribution is 2.44. The number of aromatic nitrogens is 1. The summed E-state index contributed by atoms with van der Waals surface area (Å²) in [7, 11) is 0. The Morgan fingerprint density at radius 3 is 2.90 bits per heavy atom. The number of rotatable bonds is 2. The molecule has 3 heterocycles. The van der Waals surface area contributed by atoms with E-state index in [1.165, 1.54) is 4.57 Å². The molecule has 110 valence electrons. The molecule has 2 bridgehead atoms. The van der Waals surface area contributed by atoms with Crippen LogP contribution in [0.3, 0.4) is 0 Å². The number of hydrogen-bond donors (Lipinski definition) is 2. The van der Waals surface area contributed by atoms with Gasteiger partial charge < -0.3 is 19.7 Å². The molecule has 2 aliphatic heterocycles. The molecule has 0 aliphatic carbocycles. The van der Waals surface area contributed by atoms with Crippen LogP contribution < -0.4 is 5.56 Å². The molecule has 0 unspecified atom stereocenters. The van der Waals surface area contributed by atoms with Crippen molar-refractivity contribution in [2.45, 2.75) is 24.0 Å². The van der Waals surface area contributed by atoms with E-state index in [4.69, 9.17) is 9.47 Å². The lowest BCUT2D eigenvalue weighted by molar-refractivity contribution is -0.187. The quantitative estimate of drug-likeness (QED) is 0.814. The molecule has 4 rings (SSSR count). The van der Waals surface area contributed by atoms with E-state index in [1.54, 1.807) is 18.3 Å². The first kappa shape index (κ1) is 13.0. The Hall–Kier alpha value is -1.73. The van der Waals surface area contributed by atoms with Crippen molar-refractivity contribution in [1.29, 1.82) is 0 Å². The number of fused-ring (bicyclic) bond motifs is 3. The number of ether oxygens (including phenoxy) is 2. The highest BCUT2D eigenvalue weighted by Gasteiger charge is 2.61. The molecule has 1 aromatic carbocycles. The number of aliphatic hydroxyl groups is 2. The molecular weight excluding hydrogens is 274 g/mol. The number of benzene rings is 1. The molecule has 0 saturated carbocycles. The third-order valence-electron chi connectivity index (χ3n) is 4.39. The minimum absolute atomic E-state index is 0.133. The van der Waals surface area contributed by atoms with Crippen LogP contribution in [0.4, 0.5) is 0 Å². The van der Waals surface area contributed by atoms with Crippen LogP contribution in [0.5, 0.6) is 0 Å². The van der Waals surface area contributed by atoms with Gasteiger partial charge in [0.2, 0.25) is 0 Å². The second kappa shape index (κ2) is 4.38. The molecule has 6 heteroatoms. The van der Waals surface area contributed by atoms with Crippen LogP contribution >= 0.6 is 0 Å². The van der Waals surface area contributed by atoms with Crippen molar-refractivity contribution in [3.63, 3.8) is 0 Å². The van der Waals surface area contributed by atoms with Crippen LogP contribution in [0.25, 0.3) is 10.8 Å². The lowest BCUT2D eigenvalue weighted by Gasteiger charge is -2.29. The first-order valence-corrected chi connectivity index (χ1v) is 6.84. The molecule has 2 aliphatic rings. The summed E-state index contributed by atoms with van der Waals surface area (Å²) < 4.78 is 12.7. The number of hydrogen-bond acceptors (Lipinski definition) is 5. The fourth-order valence-corrected chi connectivity index (χ4v) is 3.16. The normalized spacial score (nSPS) is 34.7. The first-order chi connectivity index (χ1) is 10.2. The Kier molecular flexibility index (Phi) is 2.71. The molecule has 1 aromatic heterocycles. The summed E-state index contributed by atoms with van der Waals surface area (Å²) in [6.45, 7) is -0.211. The monoisotopic (exact) mass is 289 g/mol. The van der Waals surface area contributed by atoms with E-state index >= 15 is 0 Å². The predicted molar refractivity (Wildman–Crippen MR) is 73.9 cm³/mol. The van der Waals surface area contributed by atoms with Crippen molar-refractivity contribution in [2.75, 3.05) is 13.2 Å². The molecular formula is C15H15NO5. The molecule has 2 aromatic rings. The van der Waals surface area contributed by atoms with Crippen LogP contribution in [-0.2, 0) is 9.47 Å². The maximum Gasteiger partial charge on any atom is 0.260 e. The largest absolute Gasteiger partial charge is 0.393 e. The van der Waals surface area contributed by atoms with E-state index in [0.717, 1.165) is 5.39 Å². The summed E-state index contributed by atoms with van der Waals surface area (Å²) in [5.74, 6) is 0. The van der Waals surface area contributed by atoms with E-state index < -0.39 is 24.0 Å². The summed E-state index contributed by atoms with van der Waals surface area (Å²) in [6, 6.07) is 9.11. The van der Waals surface area contributed by atoms with Gasteiger partial charge in [0.1, 0.15) is 17.8 Å². The summed E-state index contributed by atoms with van der Waals surface area (Å²) in [6.07, 6.45) is -0.670. The van der Waals surface area contributed by atoms with Crippen molar-refractivity contribution >= 4 is 10.8 Å². The zero-order valence-corrected chi connectivity index (χ0v) is 11.2. The SMILES string of the molecule is O=c1c2ccccc2ccn1[C@@H]1O[C@@]2(CO)CO[C@@H]1[C@@H]2O. The maximum absolute atomic E-state index is 12.6. The number of pyridine rings is 1. The van der Waals surface area contributed by atoms with Crippen molar-refractivity contribution in [1.82, 2.24) is 4.57 Å². The summed E-state index contributed by atoms with van der Waals surface area (Å²) in [4.78, 5) is 12.6. The van der Waals surface area contributed by atoms with Gasteiger partial charge in [-0.1, -0.05) is 18.2 Å². The molecule has 0 spiro atoms. The maximum atomic E-state index is 12.6. The standard InChI is InChI=1S/C15H15NO5/c17-7-15-8-20-11(12(15)18)14(21-15)16-6-5-9-3-1-2-4-10(9)13(16)19/h1-6,11-12,14,17-18H,7-8H2/t11-,12+,14-,15+/m1/s1. The van der Waals surface area contributed by atoms with Gasteiger partial charge in [0, 0.05) is 11.6 Å². The second-order valence-corrected chi connectivity index (χ2v) is 5.57. The first-order valence-electron chi connectivity index (χ1n) is 6.84. The molecule has 2 saturated heterocycles. The zero-order chi connectivity index (χ0) is 14.6. The second-order valence-electron chi connectivity index (χ2n) is 5.57. The lowest BCUT2D eigenvalue weighted by Crippen LogP contribution is -2.44. The van der Waals surface area contributed by atoms with Gasteiger partial charge in [-0.15, -0.1) is 0 Å². The van der Waals surface area contributed by atoms with E-state index in [1.807, 2.05) is 18.2 Å². The van der Waals surface area contributed by atoms with Gasteiger partial charge >= 0.3 is 0 Å². The average Bonchev–Trinajstić information content (AvgIpc) is 2.99. The van der Waals surface area contributed by atoms with Crippen LogP contribution in [-0.4, -0.2) is 45.8 Å². The zero-order valence-electron chi connectivity index (χ0n) is 11.2. The molecule has 0 radical (unpaired) electrons. The van der Waals surface area contributed by atoms with E-state index in [2.05, 4.69) is 0 Å². The number of aliphatic hydroxyl groups excluding tert-OH is 2. The Labute approximate surface area is 120 Å². The molecule has 2 N–H and O–H groups in total. The highest BCUT2D eigenvalue weighted by molar-refractivity contribution is 5.81. The number of nitrogens with zero attached hydrogens (tertiary/aromatic N) is 1. The van der Waals surface area contributed by atoms with Gasteiger partial charge in [0.15, 0.2) is 6.23 Å². The third-order valence-corrected chi connectivity index (χ3v) is 4.39. The van der Waals surface area contributed by atoms with Gasteiger partial charge in [-0.2, -0.15) is 0 Å². The van der Waals surface area contributed by atoms with Crippen molar-refractivity contribution in [3.8, 4) is 0 Å². The van der Waals surface area contributed by atoms with Crippen LogP contribution in [0.1, 0.15) is 6.23 Å². The fraction of sp³-hybridized carbons (Fsp3) is 0.400. The minimum Gasteiger partial charge on any atom is -0.393 e. The predicted octanol–water partition coefficient (Wildman–Crippen LogP) is 0.0211. The molecule has 21 heavy (non-hydrogen) atoms. The topological polar surface area (TPSA) is 80.9 Å². The highest BCUT2D eigenvalue weighted by atomic mass is 16.7. The molecule has 2 fully saturated rings. The Bertz CT molecular complexity index is 757. The van der Waals surface area contributed by atoms with Gasteiger partial charge in [-0.3, -0.25) is 9.36 Å². The van der Waals surface area contributed by atoms with Crippen molar-refractivity contribution in [2.24, 2.45) is 0 Å². The van der Waals surface area contributed by atoms with Crippen LogP contribution in [0.15, 0.2) is 41.3 Å². The lowest BCUT2D eigenvalue weighted by atomic mass is 10.0. The van der Waals surface area contributed by atoms with Crippen LogP contribution in [0.2, 0.25) is 0 Å². The van der Waals surface area contributed by atoms with Crippen LogP contribution in [0, 0.1) is 0 Å². The van der Waals surface area contributed by atoms with E-state index in [0.29, 0.717) is 5.39 Å². The summed E-state index contributed by atoms with van der Waals surface area (Å²) in [5.41, 5.74) is -1.32. The fourth-order valence-electron chi connectivity index (χ4n) is 3.16. The minimum atomic E-state index is -1.12.